The number of hydrogen-bond acceptors (Lipinski definition) is 8. The van der Waals surface area contributed by atoms with Crippen LogP contribution in [0.4, 0.5) is 15.8 Å². The molecule has 38 heavy (non-hydrogen) atoms. The molecular weight excluding hydrogens is 513 g/mol. The highest BCUT2D eigenvalue weighted by atomic mass is 32.1. The molecule has 2 aromatic carbocycles. The SMILES string of the molecule is NC(=O)c1nsc(C(=O)N(c2ccc3c(c2)OCO3)C(C(=O)NC2CCCCC2)c2ccc(F)cc2)c1N. The number of carbonyl (C=O) groups is 3. The number of ether oxygens (including phenoxy) is 2. The number of benzene rings is 2. The van der Waals surface area contributed by atoms with Gasteiger partial charge in [0.05, 0.1) is 5.69 Å². The quantitative estimate of drug-likeness (QED) is 0.416. The number of fused-ring (bicyclic) bond motifs is 1. The van der Waals surface area contributed by atoms with E-state index in [0.29, 0.717) is 34.3 Å². The number of nitrogens with two attached hydrogens (primary N) is 2. The standard InChI is InChI=1S/C26H26FN5O5S/c27-15-8-6-14(7-9-15)22(25(34)30-16-4-2-1-3-5-16)32(17-10-11-18-19(12-17)37-13-36-18)26(35)23-20(28)21(24(29)33)31-38-23/h6-12,16,22H,1-5,13,28H2,(H2,29,33)(H,30,34). The minimum atomic E-state index is -1.20. The topological polar surface area (TPSA) is 150 Å². The summed E-state index contributed by atoms with van der Waals surface area (Å²) >= 11 is 0.709. The molecule has 198 valence electrons. The summed E-state index contributed by atoms with van der Waals surface area (Å²) in [6.45, 7) is 0.0139. The van der Waals surface area contributed by atoms with Crippen LogP contribution in [0.3, 0.4) is 0 Å². The number of nitrogens with one attached hydrogen (secondary N) is 1. The number of halogens is 1. The Morgan fingerprint density at radius 1 is 1.05 bits per heavy atom. The molecule has 3 aromatic rings. The van der Waals surface area contributed by atoms with Gasteiger partial charge in [0.15, 0.2) is 17.2 Å². The monoisotopic (exact) mass is 539 g/mol. The van der Waals surface area contributed by atoms with E-state index in [4.69, 9.17) is 20.9 Å². The molecule has 2 heterocycles. The van der Waals surface area contributed by atoms with E-state index >= 15 is 0 Å². The Morgan fingerprint density at radius 3 is 2.45 bits per heavy atom. The maximum Gasteiger partial charge on any atom is 0.273 e. The minimum absolute atomic E-state index is 0.0139. The molecule has 10 nitrogen and oxygen atoms in total. The van der Waals surface area contributed by atoms with Gasteiger partial charge in [-0.1, -0.05) is 31.4 Å². The van der Waals surface area contributed by atoms with Gasteiger partial charge >= 0.3 is 0 Å². The summed E-state index contributed by atoms with van der Waals surface area (Å²) in [6.07, 6.45) is 4.73. The van der Waals surface area contributed by atoms with Gasteiger partial charge in [-0.3, -0.25) is 19.3 Å². The van der Waals surface area contributed by atoms with Crippen molar-refractivity contribution < 1.29 is 28.2 Å². The molecule has 1 aliphatic carbocycles. The molecule has 1 atom stereocenters. The van der Waals surface area contributed by atoms with Gasteiger partial charge in [0.25, 0.3) is 11.8 Å². The number of hydrogen-bond donors (Lipinski definition) is 3. The Balaban J connectivity index is 1.63. The molecule has 5 N–H and O–H groups in total. The molecule has 2 aliphatic rings. The summed E-state index contributed by atoms with van der Waals surface area (Å²) in [5, 5.41) is 3.08. The van der Waals surface area contributed by atoms with E-state index in [1.54, 1.807) is 18.2 Å². The Bertz CT molecular complexity index is 1370. The smallest absolute Gasteiger partial charge is 0.273 e. The highest BCUT2D eigenvalue weighted by molar-refractivity contribution is 7.09. The van der Waals surface area contributed by atoms with Crippen molar-refractivity contribution in [2.75, 3.05) is 17.4 Å². The van der Waals surface area contributed by atoms with Gasteiger partial charge in [-0.15, -0.1) is 0 Å². The van der Waals surface area contributed by atoms with Gasteiger partial charge in [-0.2, -0.15) is 4.37 Å². The largest absolute Gasteiger partial charge is 0.454 e. The molecule has 3 amide bonds. The average Bonchev–Trinajstić information content (AvgIpc) is 3.54. The lowest BCUT2D eigenvalue weighted by Crippen LogP contribution is -2.47. The van der Waals surface area contributed by atoms with Gasteiger partial charge in [-0.25, -0.2) is 4.39 Å². The van der Waals surface area contributed by atoms with Crippen molar-refractivity contribution >= 4 is 40.6 Å². The first kappa shape index (κ1) is 25.5. The second-order valence-corrected chi connectivity index (χ2v) is 9.92. The van der Waals surface area contributed by atoms with Crippen LogP contribution in [0, 0.1) is 5.82 Å². The molecule has 1 unspecified atom stereocenters. The maximum atomic E-state index is 14.1. The molecule has 12 heteroatoms. The van der Waals surface area contributed by atoms with Crippen molar-refractivity contribution in [1.82, 2.24) is 9.69 Å². The highest BCUT2D eigenvalue weighted by Gasteiger charge is 2.37. The fourth-order valence-corrected chi connectivity index (χ4v) is 5.49. The maximum absolute atomic E-state index is 14.1. The van der Waals surface area contributed by atoms with E-state index in [1.807, 2.05) is 0 Å². The zero-order valence-corrected chi connectivity index (χ0v) is 21.1. The predicted molar refractivity (Wildman–Crippen MR) is 139 cm³/mol. The molecule has 0 bridgehead atoms. The normalized spacial score (nSPS) is 15.6. The van der Waals surface area contributed by atoms with E-state index in [-0.39, 0.29) is 29.1 Å². The van der Waals surface area contributed by atoms with Crippen molar-refractivity contribution in [2.45, 2.75) is 44.2 Å². The van der Waals surface area contributed by atoms with Crippen LogP contribution in [0.2, 0.25) is 0 Å². The second-order valence-electron chi connectivity index (χ2n) is 9.15. The van der Waals surface area contributed by atoms with Crippen LogP contribution in [0.25, 0.3) is 0 Å². The molecule has 0 saturated heterocycles. The number of amides is 3. The first-order valence-corrected chi connectivity index (χ1v) is 12.9. The zero-order chi connectivity index (χ0) is 26.8. The van der Waals surface area contributed by atoms with Crippen molar-refractivity contribution in [3.05, 3.63) is 64.4 Å². The summed E-state index contributed by atoms with van der Waals surface area (Å²) in [4.78, 5) is 41.0. The molecule has 1 fully saturated rings. The second kappa shape index (κ2) is 10.7. The molecule has 5 rings (SSSR count). The lowest BCUT2D eigenvalue weighted by molar-refractivity contribution is -0.123. The molecule has 0 radical (unpaired) electrons. The Morgan fingerprint density at radius 2 is 1.76 bits per heavy atom. The summed E-state index contributed by atoms with van der Waals surface area (Å²) in [7, 11) is 0. The first-order chi connectivity index (χ1) is 18.3. The van der Waals surface area contributed by atoms with Crippen molar-refractivity contribution in [1.29, 1.82) is 0 Å². The molecular formula is C26H26FN5O5S. The van der Waals surface area contributed by atoms with Crippen LogP contribution < -0.4 is 31.2 Å². The summed E-state index contributed by atoms with van der Waals surface area (Å²) in [5.41, 5.74) is 11.7. The lowest BCUT2D eigenvalue weighted by Gasteiger charge is -2.33. The van der Waals surface area contributed by atoms with E-state index in [2.05, 4.69) is 9.69 Å². The van der Waals surface area contributed by atoms with Gasteiger partial charge in [0.1, 0.15) is 16.7 Å². The van der Waals surface area contributed by atoms with Crippen LogP contribution in [-0.2, 0) is 4.79 Å². The fourth-order valence-electron chi connectivity index (χ4n) is 4.75. The van der Waals surface area contributed by atoms with Crippen LogP contribution in [0.1, 0.15) is 63.9 Å². The van der Waals surface area contributed by atoms with Crippen molar-refractivity contribution in [3.8, 4) is 11.5 Å². The number of anilines is 2. The van der Waals surface area contributed by atoms with E-state index in [1.165, 1.54) is 29.2 Å². The number of carbonyl (C=O) groups excluding carboxylic acids is 3. The van der Waals surface area contributed by atoms with Crippen LogP contribution in [0.15, 0.2) is 42.5 Å². The van der Waals surface area contributed by atoms with E-state index in [0.717, 1.165) is 32.1 Å². The van der Waals surface area contributed by atoms with Gasteiger partial charge in [0.2, 0.25) is 12.7 Å². The van der Waals surface area contributed by atoms with Crippen molar-refractivity contribution in [3.63, 3.8) is 0 Å². The fraction of sp³-hybridized carbons (Fsp3) is 0.308. The third kappa shape index (κ3) is 4.99. The van der Waals surface area contributed by atoms with E-state index in [9.17, 15) is 18.8 Å². The predicted octanol–water partition coefficient (Wildman–Crippen LogP) is 3.53. The zero-order valence-electron chi connectivity index (χ0n) is 20.3. The molecule has 1 saturated carbocycles. The molecule has 0 spiro atoms. The van der Waals surface area contributed by atoms with Gasteiger partial charge in [0, 0.05) is 17.8 Å². The summed E-state index contributed by atoms with van der Waals surface area (Å²) in [6, 6.07) is 8.93. The minimum Gasteiger partial charge on any atom is -0.454 e. The first-order valence-electron chi connectivity index (χ1n) is 12.2. The third-order valence-corrected chi connectivity index (χ3v) is 7.50. The third-order valence-electron chi connectivity index (χ3n) is 6.65. The molecule has 1 aliphatic heterocycles. The summed E-state index contributed by atoms with van der Waals surface area (Å²) < 4.78 is 28.7. The van der Waals surface area contributed by atoms with Crippen molar-refractivity contribution in [2.24, 2.45) is 5.73 Å². The van der Waals surface area contributed by atoms with Gasteiger partial charge < -0.3 is 26.3 Å². The van der Waals surface area contributed by atoms with Crippen LogP contribution >= 0.6 is 11.5 Å². The number of aromatic nitrogens is 1. The van der Waals surface area contributed by atoms with Crippen LogP contribution in [0.5, 0.6) is 11.5 Å². The summed E-state index contributed by atoms with van der Waals surface area (Å²) in [5.74, 6) is -1.61. The molecule has 1 aromatic heterocycles. The highest BCUT2D eigenvalue weighted by Crippen LogP contribution is 2.40. The number of primary amides is 1. The van der Waals surface area contributed by atoms with Gasteiger partial charge in [-0.05, 0) is 54.2 Å². The Hall–Kier alpha value is -4.19. The number of nitrogen functional groups attached to an aromatic ring is 1. The Labute approximate surface area is 221 Å². The van der Waals surface area contributed by atoms with Crippen LogP contribution in [-0.4, -0.2) is 34.9 Å². The Kier molecular flexibility index (Phi) is 7.14. The number of nitrogens with zero attached hydrogens (tertiary/aromatic N) is 2. The lowest BCUT2D eigenvalue weighted by atomic mass is 9.94. The van der Waals surface area contributed by atoms with E-state index < -0.39 is 29.6 Å². The number of rotatable bonds is 7. The average molecular weight is 540 g/mol.